The number of piperidine rings is 2. The molecule has 3 aromatic rings. The van der Waals surface area contributed by atoms with E-state index in [2.05, 4.69) is 46.2 Å². The lowest BCUT2D eigenvalue weighted by Crippen LogP contribution is -2.47. The van der Waals surface area contributed by atoms with Crippen LogP contribution in [0, 0.1) is 11.8 Å². The summed E-state index contributed by atoms with van der Waals surface area (Å²) >= 11 is 1.70. The van der Waals surface area contributed by atoms with Gasteiger partial charge in [0, 0.05) is 26.2 Å². The fraction of sp³-hybridized carbons (Fsp3) is 0.481. The van der Waals surface area contributed by atoms with E-state index in [-0.39, 0.29) is 5.92 Å². The van der Waals surface area contributed by atoms with Crippen LogP contribution < -0.4 is 9.64 Å². The highest BCUT2D eigenvalue weighted by Gasteiger charge is 2.32. The molecule has 5 rings (SSSR count). The summed E-state index contributed by atoms with van der Waals surface area (Å²) < 4.78 is 6.78. The van der Waals surface area contributed by atoms with E-state index >= 15 is 0 Å². The van der Waals surface area contributed by atoms with E-state index in [1.54, 1.807) is 11.3 Å². The minimum absolute atomic E-state index is 0.0791. The fourth-order valence-electron chi connectivity index (χ4n) is 5.20. The Balaban J connectivity index is 1.18. The van der Waals surface area contributed by atoms with E-state index < -0.39 is 0 Å². The summed E-state index contributed by atoms with van der Waals surface area (Å²) in [6.07, 6.45) is 5.37. The third-order valence-corrected chi connectivity index (χ3v) is 8.07. The Morgan fingerprint density at radius 2 is 1.91 bits per heavy atom. The largest absolute Gasteiger partial charge is 0.494 e. The van der Waals surface area contributed by atoms with Gasteiger partial charge in [0.2, 0.25) is 5.91 Å². The summed E-state index contributed by atoms with van der Waals surface area (Å²) in [5, 5.41) is 1.03. The highest BCUT2D eigenvalue weighted by molar-refractivity contribution is 7.22. The van der Waals surface area contributed by atoms with Gasteiger partial charge >= 0.3 is 0 Å². The number of hydrogen-bond donors (Lipinski definition) is 0. The second kappa shape index (κ2) is 10.1. The van der Waals surface area contributed by atoms with Crippen LogP contribution in [0.3, 0.4) is 0 Å². The Morgan fingerprint density at radius 3 is 2.70 bits per heavy atom. The Labute approximate surface area is 200 Å². The summed E-state index contributed by atoms with van der Waals surface area (Å²) in [6.45, 7) is 6.21. The summed E-state index contributed by atoms with van der Waals surface area (Å²) in [7, 11) is 0. The van der Waals surface area contributed by atoms with Crippen LogP contribution in [0.15, 0.2) is 48.5 Å². The summed E-state index contributed by atoms with van der Waals surface area (Å²) in [6, 6.07) is 16.8. The van der Waals surface area contributed by atoms with E-state index in [0.717, 1.165) is 79.4 Å². The Bertz CT molecular complexity index is 1080. The number of benzene rings is 2. The molecule has 1 aromatic heterocycles. The van der Waals surface area contributed by atoms with Crippen LogP contribution in [-0.2, 0) is 11.2 Å². The first kappa shape index (κ1) is 22.2. The van der Waals surface area contributed by atoms with Crippen molar-refractivity contribution in [2.75, 3.05) is 37.7 Å². The zero-order chi connectivity index (χ0) is 22.6. The Hall–Kier alpha value is -2.60. The van der Waals surface area contributed by atoms with Gasteiger partial charge in [0.05, 0.1) is 22.7 Å². The minimum Gasteiger partial charge on any atom is -0.494 e. The highest BCUT2D eigenvalue weighted by Crippen LogP contribution is 2.34. The van der Waals surface area contributed by atoms with Gasteiger partial charge in [0.1, 0.15) is 5.75 Å². The first-order valence-corrected chi connectivity index (χ1v) is 13.1. The minimum atomic E-state index is 0.0791. The molecule has 0 saturated carbocycles. The quantitative estimate of drug-likeness (QED) is 0.492. The maximum atomic E-state index is 13.3. The van der Waals surface area contributed by atoms with Crippen LogP contribution in [0.25, 0.3) is 10.2 Å². The van der Waals surface area contributed by atoms with Crippen LogP contribution in [-0.4, -0.2) is 48.6 Å². The zero-order valence-electron chi connectivity index (χ0n) is 19.4. The number of anilines is 1. The molecule has 0 aliphatic carbocycles. The first-order valence-electron chi connectivity index (χ1n) is 12.3. The number of rotatable bonds is 6. The van der Waals surface area contributed by atoms with Crippen molar-refractivity contribution in [2.24, 2.45) is 11.8 Å². The molecule has 2 aliphatic rings. The topological polar surface area (TPSA) is 45.7 Å². The van der Waals surface area contributed by atoms with Crippen LogP contribution >= 0.6 is 11.3 Å². The Kier molecular flexibility index (Phi) is 6.81. The molecule has 6 heteroatoms. The van der Waals surface area contributed by atoms with E-state index in [1.807, 2.05) is 19.1 Å². The second-order valence-electron chi connectivity index (χ2n) is 9.30. The summed E-state index contributed by atoms with van der Waals surface area (Å²) in [4.78, 5) is 22.7. The molecule has 2 fully saturated rings. The number of ether oxygens (including phenoxy) is 1. The monoisotopic (exact) mass is 463 g/mol. The number of hydrogen-bond acceptors (Lipinski definition) is 5. The van der Waals surface area contributed by atoms with Gasteiger partial charge in [-0.2, -0.15) is 0 Å². The molecule has 174 valence electrons. The van der Waals surface area contributed by atoms with E-state index in [9.17, 15) is 4.79 Å². The van der Waals surface area contributed by atoms with E-state index in [1.165, 1.54) is 5.56 Å². The molecule has 0 bridgehead atoms. The van der Waals surface area contributed by atoms with Crippen molar-refractivity contribution in [1.82, 2.24) is 9.88 Å². The van der Waals surface area contributed by atoms with Gasteiger partial charge in [0.25, 0.3) is 0 Å². The van der Waals surface area contributed by atoms with Crippen molar-refractivity contribution in [3.05, 3.63) is 54.1 Å². The predicted molar refractivity (Wildman–Crippen MR) is 135 cm³/mol. The molecule has 2 aromatic carbocycles. The molecule has 33 heavy (non-hydrogen) atoms. The van der Waals surface area contributed by atoms with Crippen molar-refractivity contribution < 1.29 is 9.53 Å². The number of amides is 1. The highest BCUT2D eigenvalue weighted by atomic mass is 32.1. The van der Waals surface area contributed by atoms with Crippen LogP contribution in [0.5, 0.6) is 5.75 Å². The number of carbonyl (C=O) groups is 1. The number of nitrogens with zero attached hydrogens (tertiary/aromatic N) is 3. The predicted octanol–water partition coefficient (Wildman–Crippen LogP) is 5.39. The second-order valence-corrected chi connectivity index (χ2v) is 10.3. The zero-order valence-corrected chi connectivity index (χ0v) is 20.2. The van der Waals surface area contributed by atoms with Crippen molar-refractivity contribution >= 4 is 32.6 Å². The average Bonchev–Trinajstić information content (AvgIpc) is 3.29. The number of thiazole rings is 1. The van der Waals surface area contributed by atoms with E-state index in [4.69, 9.17) is 9.72 Å². The molecule has 1 atom stereocenters. The molecule has 0 spiro atoms. The molecule has 0 unspecified atom stereocenters. The van der Waals surface area contributed by atoms with Gasteiger partial charge in [-0.05, 0) is 68.7 Å². The number of likely N-dealkylation sites (tertiary alicyclic amines) is 1. The smallest absolute Gasteiger partial charge is 0.227 e. The van der Waals surface area contributed by atoms with Crippen LogP contribution in [0.2, 0.25) is 0 Å². The summed E-state index contributed by atoms with van der Waals surface area (Å²) in [5.74, 6) is 2.00. The molecular formula is C27H33N3O2S. The van der Waals surface area contributed by atoms with E-state index in [0.29, 0.717) is 18.4 Å². The van der Waals surface area contributed by atoms with Crippen molar-refractivity contribution in [3.8, 4) is 5.75 Å². The number of fused-ring (bicyclic) bond motifs is 1. The third-order valence-electron chi connectivity index (χ3n) is 6.99. The van der Waals surface area contributed by atoms with Crippen LogP contribution in [0.1, 0.15) is 38.2 Å². The Morgan fingerprint density at radius 1 is 1.09 bits per heavy atom. The maximum Gasteiger partial charge on any atom is 0.227 e. The number of aromatic nitrogens is 1. The fourth-order valence-corrected chi connectivity index (χ4v) is 6.23. The van der Waals surface area contributed by atoms with Gasteiger partial charge in [-0.1, -0.05) is 41.7 Å². The molecule has 1 amide bonds. The third kappa shape index (κ3) is 5.16. The van der Waals surface area contributed by atoms with Crippen molar-refractivity contribution in [3.63, 3.8) is 0 Å². The number of carbonyl (C=O) groups excluding carboxylic acids is 1. The lowest BCUT2D eigenvalue weighted by molar-refractivity contribution is -0.137. The molecule has 3 heterocycles. The maximum absolute atomic E-state index is 13.3. The van der Waals surface area contributed by atoms with Gasteiger partial charge in [0.15, 0.2) is 5.13 Å². The van der Waals surface area contributed by atoms with Gasteiger partial charge in [-0.3, -0.25) is 4.79 Å². The molecule has 0 radical (unpaired) electrons. The standard InChI is InChI=1S/C27H33N3O2S/c1-2-32-23-10-11-24-25(18-23)33-27(28-24)30-14-6-9-22(19-30)26(31)29-15-12-21(13-16-29)17-20-7-4-3-5-8-20/h3-5,7-8,10-11,18,21-22H,2,6,9,12-17,19H2,1H3/t22-/m1/s1. The van der Waals surface area contributed by atoms with Crippen molar-refractivity contribution in [2.45, 2.75) is 39.0 Å². The average molecular weight is 464 g/mol. The van der Waals surface area contributed by atoms with Crippen LogP contribution in [0.4, 0.5) is 5.13 Å². The van der Waals surface area contributed by atoms with Gasteiger partial charge < -0.3 is 14.5 Å². The normalized spacial score (nSPS) is 19.7. The molecule has 2 saturated heterocycles. The van der Waals surface area contributed by atoms with Gasteiger partial charge in [-0.15, -0.1) is 0 Å². The lowest BCUT2D eigenvalue weighted by Gasteiger charge is -2.38. The van der Waals surface area contributed by atoms with Gasteiger partial charge in [-0.25, -0.2) is 4.98 Å². The SMILES string of the molecule is CCOc1ccc2nc(N3CCC[C@@H](C(=O)N4CCC(Cc5ccccc5)CC4)C3)sc2c1. The first-order chi connectivity index (χ1) is 16.2. The molecule has 2 aliphatic heterocycles. The lowest BCUT2D eigenvalue weighted by atomic mass is 9.89. The molecular weight excluding hydrogens is 430 g/mol. The van der Waals surface area contributed by atoms with Crippen molar-refractivity contribution in [1.29, 1.82) is 0 Å². The molecule has 5 nitrogen and oxygen atoms in total. The molecule has 0 N–H and O–H groups in total. The summed E-state index contributed by atoms with van der Waals surface area (Å²) in [5.41, 5.74) is 2.42.